The minimum Gasteiger partial charge on any atom is -0.497 e. The summed E-state index contributed by atoms with van der Waals surface area (Å²) < 4.78 is 7.04. The van der Waals surface area contributed by atoms with Crippen LogP contribution in [-0.2, 0) is 0 Å². The molecule has 4 nitrogen and oxygen atoms in total. The van der Waals surface area contributed by atoms with Crippen molar-refractivity contribution in [1.82, 2.24) is 9.97 Å². The molecular weight excluding hydrogens is 374 g/mol. The van der Waals surface area contributed by atoms with Crippen molar-refractivity contribution in [1.29, 1.82) is 0 Å². The van der Waals surface area contributed by atoms with Crippen LogP contribution in [0.3, 0.4) is 0 Å². The second-order valence-electron chi connectivity index (χ2n) is 3.89. The largest absolute Gasteiger partial charge is 0.497 e. The maximum absolute atomic E-state index is 5.24. The lowest BCUT2D eigenvalue weighted by Gasteiger charge is -2.10. The number of halogens is 2. The minimum absolute atomic E-state index is 0.649. The molecular formula is C13H13Br2N3O. The SMILES string of the molecule is CNc1nc(-c2cc(OC)ccc2Br)nc(C)c1Br. The molecule has 2 rings (SSSR count). The van der Waals surface area contributed by atoms with E-state index in [2.05, 4.69) is 47.1 Å². The smallest absolute Gasteiger partial charge is 0.163 e. The third-order valence-corrected chi connectivity index (χ3v) is 4.31. The van der Waals surface area contributed by atoms with E-state index in [4.69, 9.17) is 4.74 Å². The van der Waals surface area contributed by atoms with Crippen LogP contribution in [0.15, 0.2) is 27.1 Å². The number of benzene rings is 1. The van der Waals surface area contributed by atoms with E-state index in [1.165, 1.54) is 0 Å². The Morgan fingerprint density at radius 3 is 2.58 bits per heavy atom. The number of ether oxygens (including phenoxy) is 1. The number of rotatable bonds is 3. The summed E-state index contributed by atoms with van der Waals surface area (Å²) in [5, 5.41) is 3.05. The fraction of sp³-hybridized carbons (Fsp3) is 0.231. The number of nitrogens with zero attached hydrogens (tertiary/aromatic N) is 2. The van der Waals surface area contributed by atoms with E-state index in [0.29, 0.717) is 5.82 Å². The van der Waals surface area contributed by atoms with Crippen LogP contribution in [0.4, 0.5) is 5.82 Å². The van der Waals surface area contributed by atoms with Gasteiger partial charge in [-0.3, -0.25) is 0 Å². The molecule has 0 atom stereocenters. The third-order valence-electron chi connectivity index (χ3n) is 2.67. The van der Waals surface area contributed by atoms with E-state index in [-0.39, 0.29) is 0 Å². The van der Waals surface area contributed by atoms with Gasteiger partial charge in [-0.05, 0) is 41.1 Å². The molecule has 2 aromatic rings. The monoisotopic (exact) mass is 385 g/mol. The molecule has 0 unspecified atom stereocenters. The molecule has 100 valence electrons. The first-order valence-corrected chi connectivity index (χ1v) is 7.21. The number of hydrogen-bond acceptors (Lipinski definition) is 4. The Morgan fingerprint density at radius 1 is 1.21 bits per heavy atom. The number of hydrogen-bond donors (Lipinski definition) is 1. The highest BCUT2D eigenvalue weighted by Crippen LogP contribution is 2.32. The van der Waals surface area contributed by atoms with Crippen LogP contribution in [0.25, 0.3) is 11.4 Å². The van der Waals surface area contributed by atoms with Gasteiger partial charge in [-0.15, -0.1) is 0 Å². The standard InChI is InChI=1S/C13H13Br2N3O/c1-7-11(15)13(16-2)18-12(17-7)9-6-8(19-3)4-5-10(9)14/h4-6H,1-3H3,(H,16,17,18). The van der Waals surface area contributed by atoms with Crippen molar-refractivity contribution in [2.24, 2.45) is 0 Å². The molecule has 0 saturated heterocycles. The van der Waals surface area contributed by atoms with Gasteiger partial charge in [0.25, 0.3) is 0 Å². The van der Waals surface area contributed by atoms with Crippen molar-refractivity contribution < 1.29 is 4.74 Å². The molecule has 1 N–H and O–H groups in total. The lowest BCUT2D eigenvalue weighted by atomic mass is 10.2. The molecule has 0 radical (unpaired) electrons. The molecule has 0 aliphatic carbocycles. The summed E-state index contributed by atoms with van der Waals surface area (Å²) in [6.45, 7) is 1.93. The quantitative estimate of drug-likeness (QED) is 0.865. The zero-order valence-corrected chi connectivity index (χ0v) is 14.0. The van der Waals surface area contributed by atoms with E-state index < -0.39 is 0 Å². The van der Waals surface area contributed by atoms with Gasteiger partial charge in [-0.25, -0.2) is 9.97 Å². The maximum atomic E-state index is 5.24. The predicted octanol–water partition coefficient (Wildman–Crippen LogP) is 4.03. The molecule has 0 spiro atoms. The Morgan fingerprint density at radius 2 is 1.95 bits per heavy atom. The molecule has 0 amide bonds. The second kappa shape index (κ2) is 5.88. The zero-order valence-electron chi connectivity index (χ0n) is 10.8. The molecule has 0 bridgehead atoms. The van der Waals surface area contributed by atoms with Crippen LogP contribution >= 0.6 is 31.9 Å². The van der Waals surface area contributed by atoms with Gasteiger partial charge in [0.2, 0.25) is 0 Å². The van der Waals surface area contributed by atoms with Gasteiger partial charge in [0.1, 0.15) is 11.6 Å². The number of aryl methyl sites for hydroxylation is 1. The van der Waals surface area contributed by atoms with E-state index in [0.717, 1.165) is 31.8 Å². The van der Waals surface area contributed by atoms with E-state index in [9.17, 15) is 0 Å². The van der Waals surface area contributed by atoms with Gasteiger partial charge in [0.15, 0.2) is 5.82 Å². The van der Waals surface area contributed by atoms with Crippen LogP contribution in [0.1, 0.15) is 5.69 Å². The molecule has 1 heterocycles. The van der Waals surface area contributed by atoms with E-state index in [1.807, 2.05) is 32.2 Å². The molecule has 0 fully saturated rings. The maximum Gasteiger partial charge on any atom is 0.163 e. The zero-order chi connectivity index (χ0) is 14.0. The number of nitrogens with one attached hydrogen (secondary N) is 1. The fourth-order valence-corrected chi connectivity index (χ4v) is 2.45. The van der Waals surface area contributed by atoms with Crippen molar-refractivity contribution >= 4 is 37.7 Å². The van der Waals surface area contributed by atoms with Crippen LogP contribution in [0, 0.1) is 6.92 Å². The van der Waals surface area contributed by atoms with Gasteiger partial charge in [0.05, 0.1) is 17.3 Å². The summed E-state index contributed by atoms with van der Waals surface area (Å²) in [7, 11) is 3.47. The first kappa shape index (κ1) is 14.3. The fourth-order valence-electron chi connectivity index (χ4n) is 1.65. The lowest BCUT2D eigenvalue weighted by molar-refractivity contribution is 0.415. The lowest BCUT2D eigenvalue weighted by Crippen LogP contribution is -2.01. The van der Waals surface area contributed by atoms with Gasteiger partial charge >= 0.3 is 0 Å². The van der Waals surface area contributed by atoms with Crippen LogP contribution in [0.5, 0.6) is 5.75 Å². The molecule has 0 aliphatic heterocycles. The first-order valence-electron chi connectivity index (χ1n) is 5.62. The predicted molar refractivity (Wildman–Crippen MR) is 83.7 cm³/mol. The van der Waals surface area contributed by atoms with Gasteiger partial charge in [-0.2, -0.15) is 0 Å². The minimum atomic E-state index is 0.649. The molecule has 1 aromatic heterocycles. The van der Waals surface area contributed by atoms with E-state index >= 15 is 0 Å². The van der Waals surface area contributed by atoms with Gasteiger partial charge in [0, 0.05) is 17.1 Å². The van der Waals surface area contributed by atoms with Crippen molar-refractivity contribution in [2.75, 3.05) is 19.5 Å². The van der Waals surface area contributed by atoms with Crippen molar-refractivity contribution in [2.45, 2.75) is 6.92 Å². The number of methoxy groups -OCH3 is 1. The Hall–Kier alpha value is -1.14. The highest BCUT2D eigenvalue weighted by atomic mass is 79.9. The van der Waals surface area contributed by atoms with Crippen LogP contribution in [-0.4, -0.2) is 24.1 Å². The average molecular weight is 387 g/mol. The highest BCUT2D eigenvalue weighted by molar-refractivity contribution is 9.11. The van der Waals surface area contributed by atoms with Crippen molar-refractivity contribution in [3.8, 4) is 17.1 Å². The Kier molecular flexibility index (Phi) is 4.42. The molecule has 0 saturated carbocycles. The number of aromatic nitrogens is 2. The summed E-state index contributed by atoms with van der Waals surface area (Å²) >= 11 is 6.99. The van der Waals surface area contributed by atoms with E-state index in [1.54, 1.807) is 7.11 Å². The second-order valence-corrected chi connectivity index (χ2v) is 5.54. The molecule has 1 aromatic carbocycles. The first-order chi connectivity index (χ1) is 9.06. The summed E-state index contributed by atoms with van der Waals surface area (Å²) in [5.74, 6) is 2.18. The third kappa shape index (κ3) is 2.90. The van der Waals surface area contributed by atoms with Crippen molar-refractivity contribution in [3.05, 3.63) is 32.8 Å². The Balaban J connectivity index is 2.61. The molecule has 6 heteroatoms. The summed E-state index contributed by atoms with van der Waals surface area (Å²) in [4.78, 5) is 9.01. The van der Waals surface area contributed by atoms with Gasteiger partial charge < -0.3 is 10.1 Å². The van der Waals surface area contributed by atoms with Crippen molar-refractivity contribution in [3.63, 3.8) is 0 Å². The summed E-state index contributed by atoms with van der Waals surface area (Å²) in [6.07, 6.45) is 0. The van der Waals surface area contributed by atoms with Crippen LogP contribution < -0.4 is 10.1 Å². The highest BCUT2D eigenvalue weighted by Gasteiger charge is 2.13. The summed E-state index contributed by atoms with van der Waals surface area (Å²) in [5.41, 5.74) is 1.77. The summed E-state index contributed by atoms with van der Waals surface area (Å²) in [6, 6.07) is 5.72. The Bertz CT molecular complexity index is 617. The van der Waals surface area contributed by atoms with Gasteiger partial charge in [-0.1, -0.05) is 15.9 Å². The molecule has 19 heavy (non-hydrogen) atoms. The number of anilines is 1. The Labute approximate surface area is 128 Å². The normalized spacial score (nSPS) is 10.4. The molecule has 0 aliphatic rings. The topological polar surface area (TPSA) is 47.0 Å². The van der Waals surface area contributed by atoms with Crippen LogP contribution in [0.2, 0.25) is 0 Å². The average Bonchev–Trinajstić information content (AvgIpc) is 2.42.